The average molecular weight is 449 g/mol. The number of carbonyl (C=O) groups excluding carboxylic acids is 1. The van der Waals surface area contributed by atoms with E-state index in [9.17, 15) is 15.0 Å². The van der Waals surface area contributed by atoms with Crippen LogP contribution < -0.4 is 0 Å². The number of ether oxygens (including phenoxy) is 2. The van der Waals surface area contributed by atoms with E-state index in [1.54, 1.807) is 0 Å². The molecule has 2 N–H and O–H groups in total. The first-order chi connectivity index (χ1) is 14.6. The highest BCUT2D eigenvalue weighted by atomic mass is 35.5. The zero-order chi connectivity index (χ0) is 22.0. The molecule has 4 atom stereocenters. The van der Waals surface area contributed by atoms with Crippen molar-refractivity contribution in [2.24, 2.45) is 0 Å². The highest BCUT2D eigenvalue weighted by Crippen LogP contribution is 2.21. The molecular weight excluding hydrogens is 404 g/mol. The molecule has 0 aliphatic carbocycles. The lowest BCUT2D eigenvalue weighted by Crippen LogP contribution is -2.38. The summed E-state index contributed by atoms with van der Waals surface area (Å²) < 4.78 is 10.4. The van der Waals surface area contributed by atoms with Crippen LogP contribution in [0.5, 0.6) is 0 Å². The van der Waals surface area contributed by atoms with E-state index in [1.807, 2.05) is 0 Å². The molecule has 0 bridgehead atoms. The first-order valence-corrected chi connectivity index (χ1v) is 12.8. The van der Waals surface area contributed by atoms with E-state index in [0.717, 1.165) is 12.8 Å². The minimum absolute atomic E-state index is 0.00637. The number of alkyl halides is 1. The fraction of sp³-hybridized carbons (Fsp3) is 0.958. The maximum Gasteiger partial charge on any atom is 0.305 e. The third-order valence-electron chi connectivity index (χ3n) is 5.93. The minimum Gasteiger partial charge on any atom is -0.464 e. The number of aliphatic hydroxyl groups excluding tert-OH is 2. The number of carbonyl (C=O) groups is 1. The Morgan fingerprint density at radius 2 is 1.37 bits per heavy atom. The molecule has 1 saturated heterocycles. The van der Waals surface area contributed by atoms with E-state index in [4.69, 9.17) is 21.1 Å². The highest BCUT2D eigenvalue weighted by Gasteiger charge is 2.39. The number of aliphatic hydroxyl groups is 2. The molecule has 0 aromatic heterocycles. The Morgan fingerprint density at radius 3 is 1.80 bits per heavy atom. The van der Waals surface area contributed by atoms with Crippen LogP contribution in [0.25, 0.3) is 0 Å². The molecule has 0 aromatic rings. The standard InChI is InChI=1S/C24H45ClO5/c1-2-3-4-5-6-7-8-9-10-11-12-13-14-15-16-17-22(27)29-18-20(25)24-23(28)21(26)19-30-24/h20-21,23-24,26,28H,2-19H2,1H3/t20-,21+,23-,24-/m1/s1. The molecule has 6 heteroatoms. The van der Waals surface area contributed by atoms with E-state index in [2.05, 4.69) is 6.92 Å². The smallest absolute Gasteiger partial charge is 0.305 e. The van der Waals surface area contributed by atoms with Crippen LogP contribution in [-0.4, -0.2) is 53.1 Å². The number of esters is 1. The third kappa shape index (κ3) is 13.1. The molecule has 0 unspecified atom stereocenters. The molecule has 1 aliphatic rings. The summed E-state index contributed by atoms with van der Waals surface area (Å²) in [6.07, 6.45) is 17.2. The molecule has 0 saturated carbocycles. The SMILES string of the molecule is CCCCCCCCCCCCCCCCCC(=O)OC[C@@H](Cl)[C@H]1OC[C@H](O)[C@H]1O. The molecule has 0 radical (unpaired) electrons. The van der Waals surface area contributed by atoms with Gasteiger partial charge in [-0.15, -0.1) is 11.6 Å². The number of rotatable bonds is 19. The van der Waals surface area contributed by atoms with Crippen molar-refractivity contribution in [3.63, 3.8) is 0 Å². The van der Waals surface area contributed by atoms with Crippen molar-refractivity contribution in [3.8, 4) is 0 Å². The monoisotopic (exact) mass is 448 g/mol. The Bertz CT molecular complexity index is 420. The summed E-state index contributed by atoms with van der Waals surface area (Å²) in [7, 11) is 0. The molecule has 0 spiro atoms. The zero-order valence-electron chi connectivity index (χ0n) is 19.0. The van der Waals surface area contributed by atoms with Crippen LogP contribution in [0, 0.1) is 0 Å². The van der Waals surface area contributed by atoms with Crippen LogP contribution in [0.4, 0.5) is 0 Å². The summed E-state index contributed by atoms with van der Waals surface area (Å²) >= 11 is 6.12. The van der Waals surface area contributed by atoms with Gasteiger partial charge in [-0.2, -0.15) is 0 Å². The summed E-state index contributed by atoms with van der Waals surface area (Å²) in [5, 5.41) is 18.5. The van der Waals surface area contributed by atoms with E-state index in [1.165, 1.54) is 83.5 Å². The molecule has 1 rings (SSSR count). The van der Waals surface area contributed by atoms with Gasteiger partial charge < -0.3 is 19.7 Å². The molecule has 178 valence electrons. The predicted octanol–water partition coefficient (Wildman–Crippen LogP) is 5.52. The number of unbranched alkanes of at least 4 members (excludes halogenated alkanes) is 14. The topological polar surface area (TPSA) is 76.0 Å². The van der Waals surface area contributed by atoms with E-state index >= 15 is 0 Å². The van der Waals surface area contributed by atoms with Gasteiger partial charge in [0.05, 0.1) is 12.0 Å². The molecule has 0 amide bonds. The molecule has 1 fully saturated rings. The second-order valence-corrected chi connectivity index (χ2v) is 9.32. The van der Waals surface area contributed by atoms with Gasteiger partial charge in [0.2, 0.25) is 0 Å². The van der Waals surface area contributed by atoms with Gasteiger partial charge in [-0.3, -0.25) is 4.79 Å². The number of hydrogen-bond donors (Lipinski definition) is 2. The first-order valence-electron chi connectivity index (χ1n) is 12.3. The molecule has 0 aromatic carbocycles. The maximum absolute atomic E-state index is 11.8. The van der Waals surface area contributed by atoms with Crippen molar-refractivity contribution in [3.05, 3.63) is 0 Å². The zero-order valence-corrected chi connectivity index (χ0v) is 19.8. The van der Waals surface area contributed by atoms with Crippen LogP contribution in [0.1, 0.15) is 110 Å². The average Bonchev–Trinajstić information content (AvgIpc) is 3.07. The lowest BCUT2D eigenvalue weighted by molar-refractivity contribution is -0.144. The molecule has 1 aliphatic heterocycles. The van der Waals surface area contributed by atoms with Gasteiger partial charge in [-0.05, 0) is 6.42 Å². The Morgan fingerprint density at radius 1 is 0.900 bits per heavy atom. The lowest BCUT2D eigenvalue weighted by atomic mass is 10.0. The molecule has 30 heavy (non-hydrogen) atoms. The van der Waals surface area contributed by atoms with Gasteiger partial charge in [0.25, 0.3) is 0 Å². The van der Waals surface area contributed by atoms with Crippen molar-refractivity contribution in [1.29, 1.82) is 0 Å². The maximum atomic E-state index is 11.8. The quantitative estimate of drug-likeness (QED) is 0.154. The van der Waals surface area contributed by atoms with Crippen molar-refractivity contribution >= 4 is 17.6 Å². The molecule has 1 heterocycles. The predicted molar refractivity (Wildman–Crippen MR) is 122 cm³/mol. The fourth-order valence-electron chi connectivity index (χ4n) is 3.92. The Balaban J connectivity index is 1.83. The van der Waals surface area contributed by atoms with Gasteiger partial charge in [0, 0.05) is 6.42 Å². The normalized spacial score (nSPS) is 22.3. The van der Waals surface area contributed by atoms with Crippen molar-refractivity contribution < 1.29 is 24.5 Å². The van der Waals surface area contributed by atoms with Gasteiger partial charge in [-0.1, -0.05) is 96.8 Å². The van der Waals surface area contributed by atoms with Crippen molar-refractivity contribution in [2.75, 3.05) is 13.2 Å². The van der Waals surface area contributed by atoms with Gasteiger partial charge in [0.1, 0.15) is 24.9 Å². The van der Waals surface area contributed by atoms with E-state index in [0.29, 0.717) is 6.42 Å². The summed E-state index contributed by atoms with van der Waals surface area (Å²) in [6.45, 7) is 2.32. The third-order valence-corrected chi connectivity index (χ3v) is 6.31. The van der Waals surface area contributed by atoms with Crippen LogP contribution in [-0.2, 0) is 14.3 Å². The van der Waals surface area contributed by atoms with E-state index < -0.39 is 23.7 Å². The minimum atomic E-state index is -1.03. The number of halogens is 1. The summed E-state index contributed by atoms with van der Waals surface area (Å²) in [6, 6.07) is 0. The van der Waals surface area contributed by atoms with Gasteiger partial charge in [-0.25, -0.2) is 0 Å². The summed E-state index contributed by atoms with van der Waals surface area (Å²) in [5.41, 5.74) is 0. The van der Waals surface area contributed by atoms with Gasteiger partial charge >= 0.3 is 5.97 Å². The highest BCUT2D eigenvalue weighted by molar-refractivity contribution is 6.21. The van der Waals surface area contributed by atoms with Gasteiger partial charge in [0.15, 0.2) is 0 Å². The van der Waals surface area contributed by atoms with Crippen molar-refractivity contribution in [2.45, 2.75) is 133 Å². The Hall–Kier alpha value is -0.360. The van der Waals surface area contributed by atoms with Crippen LogP contribution >= 0.6 is 11.6 Å². The van der Waals surface area contributed by atoms with E-state index in [-0.39, 0.29) is 19.2 Å². The van der Waals surface area contributed by atoms with Crippen molar-refractivity contribution in [1.82, 2.24) is 0 Å². The van der Waals surface area contributed by atoms with Crippen LogP contribution in [0.15, 0.2) is 0 Å². The Kier molecular flexibility index (Phi) is 16.8. The largest absolute Gasteiger partial charge is 0.464 e. The molecule has 5 nitrogen and oxygen atoms in total. The lowest BCUT2D eigenvalue weighted by Gasteiger charge is -2.20. The fourth-order valence-corrected chi connectivity index (χ4v) is 4.21. The number of hydrogen-bond acceptors (Lipinski definition) is 5. The molecular formula is C24H45ClO5. The summed E-state index contributed by atoms with van der Waals surface area (Å²) in [5.74, 6) is -0.261. The first kappa shape index (κ1) is 27.7. The van der Waals surface area contributed by atoms with Crippen LogP contribution in [0.2, 0.25) is 0 Å². The van der Waals surface area contributed by atoms with Crippen LogP contribution in [0.3, 0.4) is 0 Å². The second kappa shape index (κ2) is 18.2. The summed E-state index contributed by atoms with van der Waals surface area (Å²) in [4.78, 5) is 11.8. The second-order valence-electron chi connectivity index (χ2n) is 8.75. The Labute approximate surface area is 188 Å².